The van der Waals surface area contributed by atoms with E-state index in [-0.39, 0.29) is 25.4 Å². The van der Waals surface area contributed by atoms with E-state index in [1.165, 1.54) is 0 Å². The summed E-state index contributed by atoms with van der Waals surface area (Å²) in [6.45, 7) is 7.02. The van der Waals surface area contributed by atoms with Crippen LogP contribution in [0.5, 0.6) is 0 Å². The first-order chi connectivity index (χ1) is 11.7. The molecule has 0 saturated heterocycles. The maximum Gasteiger partial charge on any atom is 0.408 e. The molecule has 7 nitrogen and oxygen atoms in total. The number of esters is 1. The molecule has 0 fully saturated rings. The second kappa shape index (κ2) is 9.66. The number of benzene rings is 1. The van der Waals surface area contributed by atoms with Crippen LogP contribution in [0.1, 0.15) is 40.5 Å². The Bertz CT molecular complexity index is 581. The Morgan fingerprint density at radius 3 is 2.32 bits per heavy atom. The number of carbonyl (C=O) groups excluding carboxylic acids is 3. The van der Waals surface area contributed by atoms with E-state index >= 15 is 0 Å². The normalized spacial score (nSPS) is 12.0. The minimum atomic E-state index is -0.948. The van der Waals surface area contributed by atoms with Gasteiger partial charge < -0.3 is 20.1 Å². The summed E-state index contributed by atoms with van der Waals surface area (Å²) in [6, 6.07) is 8.04. The summed E-state index contributed by atoms with van der Waals surface area (Å²) < 4.78 is 10.1. The van der Waals surface area contributed by atoms with Crippen LogP contribution < -0.4 is 10.6 Å². The van der Waals surface area contributed by atoms with Crippen molar-refractivity contribution >= 4 is 23.7 Å². The lowest BCUT2D eigenvalue weighted by atomic mass is 10.1. The average molecular weight is 350 g/mol. The van der Waals surface area contributed by atoms with E-state index in [1.54, 1.807) is 52.0 Å². The van der Waals surface area contributed by atoms with Gasteiger partial charge in [0.25, 0.3) is 0 Å². The van der Waals surface area contributed by atoms with E-state index in [1.807, 2.05) is 6.07 Å². The molecule has 1 atom stereocenters. The van der Waals surface area contributed by atoms with Gasteiger partial charge in [-0.1, -0.05) is 18.2 Å². The second-order valence-electron chi connectivity index (χ2n) is 6.40. The van der Waals surface area contributed by atoms with Crippen LogP contribution in [-0.2, 0) is 19.1 Å². The van der Waals surface area contributed by atoms with Crippen LogP contribution in [-0.4, -0.2) is 36.2 Å². The highest BCUT2D eigenvalue weighted by molar-refractivity contribution is 5.91. The molecule has 0 saturated carbocycles. The molecule has 1 rings (SSSR count). The van der Waals surface area contributed by atoms with E-state index in [2.05, 4.69) is 10.6 Å². The van der Waals surface area contributed by atoms with Gasteiger partial charge in [0.2, 0.25) is 5.91 Å². The standard InChI is InChI=1S/C18H26N2O5/c1-5-24-16(22)14(20-17(23)25-18(2,3)4)11-12-15(21)19-13-9-7-6-8-10-13/h6-10,14H,5,11-12H2,1-4H3,(H,19,21)(H,20,23)/t14-/m1/s1. The summed E-state index contributed by atoms with van der Waals surface area (Å²) in [7, 11) is 0. The number of rotatable bonds is 7. The number of amides is 2. The van der Waals surface area contributed by atoms with Crippen molar-refractivity contribution in [2.45, 2.75) is 52.2 Å². The molecule has 0 aromatic heterocycles. The largest absolute Gasteiger partial charge is 0.464 e. The molecule has 2 N–H and O–H groups in total. The van der Waals surface area contributed by atoms with Gasteiger partial charge in [-0.2, -0.15) is 0 Å². The zero-order valence-corrected chi connectivity index (χ0v) is 15.1. The molecule has 0 spiro atoms. The minimum absolute atomic E-state index is 0.0498. The summed E-state index contributed by atoms with van der Waals surface area (Å²) in [6.07, 6.45) is -0.570. The molecule has 0 aliphatic rings. The summed E-state index contributed by atoms with van der Waals surface area (Å²) in [4.78, 5) is 35.9. The van der Waals surface area contributed by atoms with Gasteiger partial charge in [-0.3, -0.25) is 4.79 Å². The van der Waals surface area contributed by atoms with Crippen LogP contribution in [0.15, 0.2) is 30.3 Å². The molecule has 25 heavy (non-hydrogen) atoms. The quantitative estimate of drug-likeness (QED) is 0.738. The molecule has 138 valence electrons. The van der Waals surface area contributed by atoms with Crippen LogP contribution in [0.3, 0.4) is 0 Å². The van der Waals surface area contributed by atoms with Gasteiger partial charge in [-0.25, -0.2) is 9.59 Å². The van der Waals surface area contributed by atoms with Crippen molar-refractivity contribution in [3.63, 3.8) is 0 Å². The number of anilines is 1. The van der Waals surface area contributed by atoms with Crippen molar-refractivity contribution in [2.75, 3.05) is 11.9 Å². The Balaban J connectivity index is 2.59. The Labute approximate surface area is 148 Å². The smallest absolute Gasteiger partial charge is 0.408 e. The maximum absolute atomic E-state index is 12.0. The third-order valence-electron chi connectivity index (χ3n) is 2.98. The first-order valence-corrected chi connectivity index (χ1v) is 8.22. The fraction of sp³-hybridized carbons (Fsp3) is 0.500. The molecule has 0 aliphatic heterocycles. The van der Waals surface area contributed by atoms with Crippen molar-refractivity contribution in [2.24, 2.45) is 0 Å². The summed E-state index contributed by atoms with van der Waals surface area (Å²) in [5.41, 5.74) is -0.0196. The molecular weight excluding hydrogens is 324 g/mol. The lowest BCUT2D eigenvalue weighted by Crippen LogP contribution is -2.44. The van der Waals surface area contributed by atoms with Gasteiger partial charge in [0.1, 0.15) is 11.6 Å². The maximum atomic E-state index is 12.0. The SMILES string of the molecule is CCOC(=O)[C@@H](CCC(=O)Nc1ccccc1)NC(=O)OC(C)(C)C. The van der Waals surface area contributed by atoms with E-state index in [0.717, 1.165) is 0 Å². The fourth-order valence-corrected chi connectivity index (χ4v) is 1.96. The summed E-state index contributed by atoms with van der Waals surface area (Å²) in [5, 5.41) is 5.19. The van der Waals surface area contributed by atoms with Gasteiger partial charge in [0, 0.05) is 12.1 Å². The molecule has 0 unspecified atom stereocenters. The topological polar surface area (TPSA) is 93.7 Å². The van der Waals surface area contributed by atoms with E-state index in [9.17, 15) is 14.4 Å². The molecule has 0 aliphatic carbocycles. The Hall–Kier alpha value is -2.57. The molecular formula is C18H26N2O5. The molecule has 2 amide bonds. The van der Waals surface area contributed by atoms with E-state index in [4.69, 9.17) is 9.47 Å². The predicted octanol–water partition coefficient (Wildman–Crippen LogP) is 2.86. The fourth-order valence-electron chi connectivity index (χ4n) is 1.96. The molecule has 7 heteroatoms. The average Bonchev–Trinajstić information content (AvgIpc) is 2.50. The van der Waals surface area contributed by atoms with E-state index in [0.29, 0.717) is 5.69 Å². The molecule has 0 heterocycles. The van der Waals surface area contributed by atoms with Crippen molar-refractivity contribution in [3.05, 3.63) is 30.3 Å². The first kappa shape index (κ1) is 20.5. The molecule has 0 radical (unpaired) electrons. The molecule has 1 aromatic rings. The van der Waals surface area contributed by atoms with Crippen molar-refractivity contribution in [1.29, 1.82) is 0 Å². The monoisotopic (exact) mass is 350 g/mol. The predicted molar refractivity (Wildman–Crippen MR) is 94.1 cm³/mol. The highest BCUT2D eigenvalue weighted by Gasteiger charge is 2.26. The van der Waals surface area contributed by atoms with Crippen LogP contribution >= 0.6 is 0 Å². The Morgan fingerprint density at radius 2 is 1.76 bits per heavy atom. The first-order valence-electron chi connectivity index (χ1n) is 8.22. The number of alkyl carbamates (subject to hydrolysis) is 1. The second-order valence-corrected chi connectivity index (χ2v) is 6.40. The zero-order valence-electron chi connectivity index (χ0n) is 15.1. The number of nitrogens with one attached hydrogen (secondary N) is 2. The van der Waals surface area contributed by atoms with Crippen LogP contribution in [0.2, 0.25) is 0 Å². The van der Waals surface area contributed by atoms with Gasteiger partial charge in [0.15, 0.2) is 0 Å². The van der Waals surface area contributed by atoms with Gasteiger partial charge in [0.05, 0.1) is 6.61 Å². The minimum Gasteiger partial charge on any atom is -0.464 e. The number of para-hydroxylation sites is 1. The number of carbonyl (C=O) groups is 3. The Kier molecular flexibility index (Phi) is 7.91. The lowest BCUT2D eigenvalue weighted by Gasteiger charge is -2.22. The zero-order chi connectivity index (χ0) is 18.9. The number of ether oxygens (including phenoxy) is 2. The van der Waals surface area contributed by atoms with Gasteiger partial charge >= 0.3 is 12.1 Å². The van der Waals surface area contributed by atoms with Crippen molar-refractivity contribution < 1.29 is 23.9 Å². The van der Waals surface area contributed by atoms with Crippen LogP contribution in [0.4, 0.5) is 10.5 Å². The summed E-state index contributed by atoms with van der Waals surface area (Å²) in [5.74, 6) is -0.854. The highest BCUT2D eigenvalue weighted by Crippen LogP contribution is 2.10. The third kappa shape index (κ3) is 8.74. The van der Waals surface area contributed by atoms with E-state index < -0.39 is 23.7 Å². The van der Waals surface area contributed by atoms with Crippen LogP contribution in [0.25, 0.3) is 0 Å². The summed E-state index contributed by atoms with van der Waals surface area (Å²) >= 11 is 0. The lowest BCUT2D eigenvalue weighted by molar-refractivity contribution is -0.145. The van der Waals surface area contributed by atoms with Crippen molar-refractivity contribution in [3.8, 4) is 0 Å². The highest BCUT2D eigenvalue weighted by atomic mass is 16.6. The van der Waals surface area contributed by atoms with Crippen LogP contribution in [0, 0.1) is 0 Å². The molecule has 1 aromatic carbocycles. The van der Waals surface area contributed by atoms with Gasteiger partial charge in [-0.15, -0.1) is 0 Å². The van der Waals surface area contributed by atoms with Gasteiger partial charge in [-0.05, 0) is 46.2 Å². The Morgan fingerprint density at radius 1 is 1.12 bits per heavy atom. The van der Waals surface area contributed by atoms with Crippen molar-refractivity contribution in [1.82, 2.24) is 5.32 Å². The number of hydrogen-bond acceptors (Lipinski definition) is 5. The molecule has 0 bridgehead atoms. The third-order valence-corrected chi connectivity index (χ3v) is 2.98. The number of hydrogen-bond donors (Lipinski definition) is 2.